The molecular formula is C23H31N3O4S. The van der Waals surface area contributed by atoms with Crippen LogP contribution in [0.2, 0.25) is 0 Å². The first-order chi connectivity index (χ1) is 14.9. The Kier molecular flexibility index (Phi) is 8.06. The molecule has 7 nitrogen and oxygen atoms in total. The first-order valence-corrected chi connectivity index (χ1v) is 12.1. The Labute approximate surface area is 185 Å². The third-order valence-corrected chi connectivity index (χ3v) is 7.35. The van der Waals surface area contributed by atoms with Crippen LogP contribution < -0.4 is 9.64 Å². The first-order valence-electron chi connectivity index (χ1n) is 10.7. The lowest BCUT2D eigenvalue weighted by atomic mass is 10.3. The molecule has 0 bridgehead atoms. The topological polar surface area (TPSA) is 70.2 Å². The van der Waals surface area contributed by atoms with E-state index < -0.39 is 10.0 Å². The molecule has 1 amide bonds. The highest BCUT2D eigenvalue weighted by Crippen LogP contribution is 2.21. The Balaban J connectivity index is 1.53. The van der Waals surface area contributed by atoms with Gasteiger partial charge in [0.25, 0.3) is 0 Å². The van der Waals surface area contributed by atoms with Crippen molar-refractivity contribution >= 4 is 21.6 Å². The number of para-hydroxylation sites is 1. The standard InChI is InChI=1S/C23H31N3O4S/c1-3-4-18-30-21-10-12-22(13-11-21)31(28,29)26-16-14-25(15-17-26)19-23(27)24(2)20-8-6-5-7-9-20/h5-13H,3-4,14-19H2,1-2H3. The molecule has 31 heavy (non-hydrogen) atoms. The van der Waals surface area contributed by atoms with Gasteiger partial charge in [-0.3, -0.25) is 9.69 Å². The van der Waals surface area contributed by atoms with Crippen LogP contribution >= 0.6 is 0 Å². The van der Waals surface area contributed by atoms with Crippen LogP contribution in [0.1, 0.15) is 19.8 Å². The molecular weight excluding hydrogens is 414 g/mol. The molecule has 0 spiro atoms. The Bertz CT molecular complexity index is 941. The van der Waals surface area contributed by atoms with Crippen LogP contribution in [0.5, 0.6) is 5.75 Å². The van der Waals surface area contributed by atoms with E-state index in [9.17, 15) is 13.2 Å². The molecule has 3 rings (SSSR count). The van der Waals surface area contributed by atoms with Crippen LogP contribution in [0.25, 0.3) is 0 Å². The summed E-state index contributed by atoms with van der Waals surface area (Å²) >= 11 is 0. The van der Waals surface area contributed by atoms with E-state index in [0.29, 0.717) is 38.5 Å². The maximum atomic E-state index is 13.0. The molecule has 0 aromatic heterocycles. The second-order valence-electron chi connectivity index (χ2n) is 7.64. The molecule has 1 aliphatic rings. The molecule has 8 heteroatoms. The van der Waals surface area contributed by atoms with Gasteiger partial charge in [-0.15, -0.1) is 0 Å². The summed E-state index contributed by atoms with van der Waals surface area (Å²) in [6.45, 7) is 4.75. The number of nitrogens with zero attached hydrogens (tertiary/aromatic N) is 3. The van der Waals surface area contributed by atoms with Crippen molar-refractivity contribution in [2.45, 2.75) is 24.7 Å². The number of benzene rings is 2. The van der Waals surface area contributed by atoms with Crippen molar-refractivity contribution in [3.05, 3.63) is 54.6 Å². The number of hydrogen-bond donors (Lipinski definition) is 0. The Hall–Kier alpha value is -2.42. The largest absolute Gasteiger partial charge is 0.494 e. The van der Waals surface area contributed by atoms with Gasteiger partial charge in [0.05, 0.1) is 18.0 Å². The van der Waals surface area contributed by atoms with E-state index in [1.807, 2.05) is 35.2 Å². The lowest BCUT2D eigenvalue weighted by Crippen LogP contribution is -2.51. The molecule has 0 aliphatic carbocycles. The molecule has 1 heterocycles. The Morgan fingerprint density at radius 3 is 2.26 bits per heavy atom. The van der Waals surface area contributed by atoms with Crippen LogP contribution in [0, 0.1) is 0 Å². The monoisotopic (exact) mass is 445 g/mol. The molecule has 1 fully saturated rings. The highest BCUT2D eigenvalue weighted by Gasteiger charge is 2.29. The molecule has 0 saturated carbocycles. The lowest BCUT2D eigenvalue weighted by molar-refractivity contribution is -0.119. The number of unbranched alkanes of at least 4 members (excludes halogenated alkanes) is 1. The Morgan fingerprint density at radius 1 is 1.00 bits per heavy atom. The molecule has 0 atom stereocenters. The zero-order valence-corrected chi connectivity index (χ0v) is 19.1. The fourth-order valence-corrected chi connectivity index (χ4v) is 4.83. The number of amides is 1. The predicted molar refractivity (Wildman–Crippen MR) is 122 cm³/mol. The van der Waals surface area contributed by atoms with Gasteiger partial charge in [-0.25, -0.2) is 8.42 Å². The van der Waals surface area contributed by atoms with E-state index in [1.54, 1.807) is 36.2 Å². The molecule has 1 aliphatic heterocycles. The van der Waals surface area contributed by atoms with Gasteiger partial charge in [0.1, 0.15) is 5.75 Å². The van der Waals surface area contributed by atoms with Gasteiger partial charge in [0, 0.05) is 38.9 Å². The average molecular weight is 446 g/mol. The van der Waals surface area contributed by atoms with Crippen LogP contribution in [0.3, 0.4) is 0 Å². The first kappa shape index (κ1) is 23.2. The zero-order chi connectivity index (χ0) is 22.3. The fraction of sp³-hybridized carbons (Fsp3) is 0.435. The Morgan fingerprint density at radius 2 is 1.65 bits per heavy atom. The van der Waals surface area contributed by atoms with Crippen molar-refractivity contribution in [1.29, 1.82) is 0 Å². The van der Waals surface area contributed by atoms with Gasteiger partial charge in [-0.2, -0.15) is 4.31 Å². The smallest absolute Gasteiger partial charge is 0.243 e. The number of likely N-dealkylation sites (N-methyl/N-ethyl adjacent to an activating group) is 1. The predicted octanol–water partition coefficient (Wildman–Crippen LogP) is 2.83. The van der Waals surface area contributed by atoms with Crippen LogP contribution in [-0.2, 0) is 14.8 Å². The van der Waals surface area contributed by atoms with Crippen LogP contribution in [-0.4, -0.2) is 69.9 Å². The number of anilines is 1. The second kappa shape index (κ2) is 10.7. The molecule has 1 saturated heterocycles. The lowest BCUT2D eigenvalue weighted by Gasteiger charge is -2.34. The van der Waals surface area contributed by atoms with Gasteiger partial charge >= 0.3 is 0 Å². The van der Waals surface area contributed by atoms with Crippen LogP contribution in [0.4, 0.5) is 5.69 Å². The van der Waals surface area contributed by atoms with Crippen molar-refractivity contribution in [3.63, 3.8) is 0 Å². The summed E-state index contributed by atoms with van der Waals surface area (Å²) < 4.78 is 33.0. The maximum absolute atomic E-state index is 13.0. The van der Waals surface area contributed by atoms with Gasteiger partial charge in [0.2, 0.25) is 15.9 Å². The zero-order valence-electron chi connectivity index (χ0n) is 18.2. The van der Waals surface area contributed by atoms with E-state index in [4.69, 9.17) is 4.74 Å². The third-order valence-electron chi connectivity index (χ3n) is 5.44. The fourth-order valence-electron chi connectivity index (χ4n) is 3.41. The molecule has 0 radical (unpaired) electrons. The van der Waals surface area contributed by atoms with E-state index in [-0.39, 0.29) is 17.3 Å². The molecule has 0 unspecified atom stereocenters. The average Bonchev–Trinajstić information content (AvgIpc) is 2.80. The number of sulfonamides is 1. The van der Waals surface area contributed by atoms with Crippen molar-refractivity contribution in [2.24, 2.45) is 0 Å². The molecule has 2 aromatic carbocycles. The summed E-state index contributed by atoms with van der Waals surface area (Å²) in [5, 5.41) is 0. The number of carbonyl (C=O) groups is 1. The summed E-state index contributed by atoms with van der Waals surface area (Å²) in [6, 6.07) is 16.1. The highest BCUT2D eigenvalue weighted by molar-refractivity contribution is 7.89. The minimum atomic E-state index is -3.56. The molecule has 168 valence electrons. The number of rotatable bonds is 9. The summed E-state index contributed by atoms with van der Waals surface area (Å²) in [6.07, 6.45) is 2.01. The van der Waals surface area contributed by atoms with E-state index in [1.165, 1.54) is 4.31 Å². The van der Waals surface area contributed by atoms with Crippen molar-refractivity contribution < 1.29 is 17.9 Å². The summed E-state index contributed by atoms with van der Waals surface area (Å²) in [5.41, 5.74) is 0.843. The number of piperazine rings is 1. The number of carbonyl (C=O) groups excluding carboxylic acids is 1. The van der Waals surface area contributed by atoms with Gasteiger partial charge < -0.3 is 9.64 Å². The van der Waals surface area contributed by atoms with Crippen molar-refractivity contribution in [2.75, 3.05) is 51.3 Å². The minimum Gasteiger partial charge on any atom is -0.494 e. The van der Waals surface area contributed by atoms with E-state index >= 15 is 0 Å². The number of ether oxygens (including phenoxy) is 1. The van der Waals surface area contributed by atoms with Gasteiger partial charge in [-0.1, -0.05) is 31.5 Å². The minimum absolute atomic E-state index is 0.0128. The molecule has 2 aromatic rings. The van der Waals surface area contributed by atoms with Crippen molar-refractivity contribution in [1.82, 2.24) is 9.21 Å². The number of hydrogen-bond acceptors (Lipinski definition) is 5. The van der Waals surface area contributed by atoms with Crippen molar-refractivity contribution in [3.8, 4) is 5.75 Å². The SMILES string of the molecule is CCCCOc1ccc(S(=O)(=O)N2CCN(CC(=O)N(C)c3ccccc3)CC2)cc1. The second-order valence-corrected chi connectivity index (χ2v) is 9.58. The maximum Gasteiger partial charge on any atom is 0.243 e. The van der Waals surface area contributed by atoms with E-state index in [2.05, 4.69) is 6.92 Å². The highest BCUT2D eigenvalue weighted by atomic mass is 32.2. The summed E-state index contributed by atoms with van der Waals surface area (Å²) in [4.78, 5) is 16.5. The third kappa shape index (κ3) is 6.06. The molecule has 0 N–H and O–H groups in total. The van der Waals surface area contributed by atoms with Crippen LogP contribution in [0.15, 0.2) is 59.5 Å². The summed E-state index contributed by atoms with van der Waals surface area (Å²) in [7, 11) is -1.80. The quantitative estimate of drug-likeness (QED) is 0.555. The summed E-state index contributed by atoms with van der Waals surface area (Å²) in [5.74, 6) is 0.666. The van der Waals surface area contributed by atoms with Gasteiger partial charge in [0.15, 0.2) is 0 Å². The normalized spacial score (nSPS) is 15.5. The van der Waals surface area contributed by atoms with E-state index in [0.717, 1.165) is 18.5 Å². The van der Waals surface area contributed by atoms with Gasteiger partial charge in [-0.05, 0) is 42.8 Å².